The number of halogens is 1. The van der Waals surface area contributed by atoms with Gasteiger partial charge in [0.2, 0.25) is 0 Å². The third-order valence-electron chi connectivity index (χ3n) is 3.26. The molecule has 1 fully saturated rings. The van der Waals surface area contributed by atoms with Gasteiger partial charge in [-0.05, 0) is 43.7 Å². The monoisotopic (exact) mass is 269 g/mol. The van der Waals surface area contributed by atoms with Gasteiger partial charge in [0.15, 0.2) is 0 Å². The molecule has 1 aliphatic rings. The highest BCUT2D eigenvalue weighted by Gasteiger charge is 2.26. The van der Waals surface area contributed by atoms with E-state index >= 15 is 0 Å². The maximum atomic E-state index is 13.0. The quantitative estimate of drug-likeness (QED) is 0.886. The number of hydrogen-bond acceptors (Lipinski definition) is 3. The number of phenols is 1. The first-order valence-electron chi connectivity index (χ1n) is 5.92. The molecule has 0 aliphatic heterocycles. The van der Waals surface area contributed by atoms with Crippen LogP contribution in [0.15, 0.2) is 18.2 Å². The van der Waals surface area contributed by atoms with Crippen LogP contribution in [0, 0.1) is 5.82 Å². The van der Waals surface area contributed by atoms with Crippen molar-refractivity contribution in [2.75, 3.05) is 6.26 Å². The van der Waals surface area contributed by atoms with Crippen LogP contribution in [-0.4, -0.2) is 28.6 Å². The lowest BCUT2D eigenvalue weighted by Gasteiger charge is -2.13. The summed E-state index contributed by atoms with van der Waals surface area (Å²) in [7, 11) is 0. The zero-order valence-electron chi connectivity index (χ0n) is 10.1. The molecule has 5 heteroatoms. The van der Waals surface area contributed by atoms with Crippen molar-refractivity contribution < 1.29 is 14.3 Å². The Morgan fingerprint density at radius 3 is 2.94 bits per heavy atom. The van der Waals surface area contributed by atoms with Crippen molar-refractivity contribution >= 4 is 17.7 Å². The molecule has 0 saturated heterocycles. The summed E-state index contributed by atoms with van der Waals surface area (Å²) in [5.41, 5.74) is 0.00241. The molecule has 0 spiro atoms. The Morgan fingerprint density at radius 1 is 1.50 bits per heavy atom. The first kappa shape index (κ1) is 13.2. The molecule has 1 aromatic carbocycles. The lowest BCUT2D eigenvalue weighted by Crippen LogP contribution is -2.33. The molecule has 0 heterocycles. The molecule has 0 bridgehead atoms. The summed E-state index contributed by atoms with van der Waals surface area (Å²) in [5.74, 6) is -1.11. The minimum absolute atomic E-state index is 0.00241. The molecular weight excluding hydrogens is 253 g/mol. The molecule has 1 amide bonds. The smallest absolute Gasteiger partial charge is 0.255 e. The molecule has 0 radical (unpaired) electrons. The lowest BCUT2D eigenvalue weighted by atomic mass is 10.1. The fourth-order valence-electron chi connectivity index (χ4n) is 2.24. The number of amides is 1. The first-order chi connectivity index (χ1) is 8.60. The summed E-state index contributed by atoms with van der Waals surface area (Å²) in [6.45, 7) is 0. The molecule has 2 atom stereocenters. The van der Waals surface area contributed by atoms with Gasteiger partial charge in [-0.2, -0.15) is 11.8 Å². The Hall–Kier alpha value is -1.23. The maximum Gasteiger partial charge on any atom is 0.255 e. The minimum atomic E-state index is -0.522. The fraction of sp³-hybridized carbons (Fsp3) is 0.462. The van der Waals surface area contributed by atoms with Crippen LogP contribution in [-0.2, 0) is 0 Å². The van der Waals surface area contributed by atoms with Crippen molar-refractivity contribution in [1.82, 2.24) is 5.32 Å². The number of aromatic hydroxyl groups is 1. The second-order valence-electron chi connectivity index (χ2n) is 4.50. The molecule has 98 valence electrons. The molecule has 1 saturated carbocycles. The number of carbonyl (C=O) groups is 1. The van der Waals surface area contributed by atoms with Gasteiger partial charge in [0.25, 0.3) is 5.91 Å². The predicted molar refractivity (Wildman–Crippen MR) is 70.5 cm³/mol. The van der Waals surface area contributed by atoms with Crippen LogP contribution in [0.25, 0.3) is 0 Å². The summed E-state index contributed by atoms with van der Waals surface area (Å²) >= 11 is 1.80. The Kier molecular flexibility index (Phi) is 4.11. The normalized spacial score (nSPS) is 23.0. The van der Waals surface area contributed by atoms with Gasteiger partial charge >= 0.3 is 0 Å². The van der Waals surface area contributed by atoms with Gasteiger partial charge in [-0.25, -0.2) is 4.39 Å². The van der Waals surface area contributed by atoms with Crippen molar-refractivity contribution in [3.63, 3.8) is 0 Å². The molecule has 0 aromatic heterocycles. The highest BCUT2D eigenvalue weighted by atomic mass is 32.2. The van der Waals surface area contributed by atoms with Crippen molar-refractivity contribution in [2.24, 2.45) is 0 Å². The van der Waals surface area contributed by atoms with Gasteiger partial charge in [0.1, 0.15) is 11.6 Å². The molecule has 1 aromatic rings. The number of hydrogen-bond donors (Lipinski definition) is 2. The Bertz CT molecular complexity index is 453. The van der Waals surface area contributed by atoms with Crippen molar-refractivity contribution in [1.29, 1.82) is 0 Å². The maximum absolute atomic E-state index is 13.0. The van der Waals surface area contributed by atoms with E-state index in [1.165, 1.54) is 6.07 Å². The second-order valence-corrected chi connectivity index (χ2v) is 5.64. The van der Waals surface area contributed by atoms with Crippen LogP contribution >= 0.6 is 11.8 Å². The van der Waals surface area contributed by atoms with E-state index in [-0.39, 0.29) is 17.4 Å². The molecule has 2 rings (SSSR count). The fourth-order valence-corrected chi connectivity index (χ4v) is 3.04. The standard InChI is InChI=1S/C13H16FNO2S/c1-18-10-4-3-9(7-10)15-13(17)11-6-8(14)2-5-12(11)16/h2,5-6,9-10,16H,3-4,7H2,1H3,(H,15,17). The van der Waals surface area contributed by atoms with E-state index in [1.54, 1.807) is 11.8 Å². The average Bonchev–Trinajstić information content (AvgIpc) is 2.80. The largest absolute Gasteiger partial charge is 0.507 e. The molecule has 2 unspecified atom stereocenters. The number of benzene rings is 1. The van der Waals surface area contributed by atoms with Crippen molar-refractivity contribution in [3.8, 4) is 5.75 Å². The van der Waals surface area contributed by atoms with Crippen LogP contribution in [0.5, 0.6) is 5.75 Å². The van der Waals surface area contributed by atoms with Gasteiger partial charge in [-0.1, -0.05) is 0 Å². The molecular formula is C13H16FNO2S. The predicted octanol–water partition coefficient (Wildman–Crippen LogP) is 2.55. The van der Waals surface area contributed by atoms with E-state index < -0.39 is 11.7 Å². The number of rotatable bonds is 3. The van der Waals surface area contributed by atoms with Gasteiger partial charge in [0, 0.05) is 11.3 Å². The summed E-state index contributed by atoms with van der Waals surface area (Å²) in [6, 6.07) is 3.51. The van der Waals surface area contributed by atoms with E-state index in [4.69, 9.17) is 0 Å². The highest BCUT2D eigenvalue weighted by molar-refractivity contribution is 7.99. The second kappa shape index (κ2) is 5.61. The number of phenolic OH excluding ortho intramolecular Hbond substituents is 1. The van der Waals surface area contributed by atoms with Crippen LogP contribution in [0.2, 0.25) is 0 Å². The average molecular weight is 269 g/mol. The van der Waals surface area contributed by atoms with Gasteiger partial charge < -0.3 is 10.4 Å². The summed E-state index contributed by atoms with van der Waals surface area (Å²) in [6.07, 6.45) is 5.02. The topological polar surface area (TPSA) is 49.3 Å². The van der Waals surface area contributed by atoms with Gasteiger partial charge in [-0.3, -0.25) is 4.79 Å². The zero-order chi connectivity index (χ0) is 13.1. The minimum Gasteiger partial charge on any atom is -0.507 e. The lowest BCUT2D eigenvalue weighted by molar-refractivity contribution is 0.0935. The first-order valence-corrected chi connectivity index (χ1v) is 7.21. The highest BCUT2D eigenvalue weighted by Crippen LogP contribution is 2.28. The Balaban J connectivity index is 2.02. The summed E-state index contributed by atoms with van der Waals surface area (Å²) in [4.78, 5) is 11.9. The molecule has 1 aliphatic carbocycles. The van der Waals surface area contributed by atoms with Crippen LogP contribution in [0.4, 0.5) is 4.39 Å². The number of thioether (sulfide) groups is 1. The molecule has 18 heavy (non-hydrogen) atoms. The van der Waals surface area contributed by atoms with Crippen molar-refractivity contribution in [3.05, 3.63) is 29.6 Å². The third-order valence-corrected chi connectivity index (χ3v) is 4.35. The van der Waals surface area contributed by atoms with Gasteiger partial charge in [-0.15, -0.1) is 0 Å². The van der Waals surface area contributed by atoms with Crippen LogP contribution < -0.4 is 5.32 Å². The van der Waals surface area contributed by atoms with E-state index in [1.807, 2.05) is 0 Å². The van der Waals surface area contributed by atoms with Crippen molar-refractivity contribution in [2.45, 2.75) is 30.6 Å². The van der Waals surface area contributed by atoms with Gasteiger partial charge in [0.05, 0.1) is 5.56 Å². The van der Waals surface area contributed by atoms with E-state index in [2.05, 4.69) is 11.6 Å². The van der Waals surface area contributed by atoms with Crippen LogP contribution in [0.1, 0.15) is 29.6 Å². The van der Waals surface area contributed by atoms with Crippen LogP contribution in [0.3, 0.4) is 0 Å². The molecule has 2 N–H and O–H groups in total. The van der Waals surface area contributed by atoms with E-state index in [9.17, 15) is 14.3 Å². The SMILES string of the molecule is CSC1CCC(NC(=O)c2cc(F)ccc2O)C1. The Morgan fingerprint density at radius 2 is 2.28 bits per heavy atom. The van der Waals surface area contributed by atoms with E-state index in [0.29, 0.717) is 5.25 Å². The summed E-state index contributed by atoms with van der Waals surface area (Å²) in [5, 5.41) is 13.0. The number of carbonyl (C=O) groups excluding carboxylic acids is 1. The third kappa shape index (κ3) is 2.96. The molecule has 3 nitrogen and oxygen atoms in total. The zero-order valence-corrected chi connectivity index (χ0v) is 11.0. The Labute approximate surface area is 110 Å². The number of nitrogens with one attached hydrogen (secondary N) is 1. The summed E-state index contributed by atoms with van der Waals surface area (Å²) < 4.78 is 13.0. The van der Waals surface area contributed by atoms with E-state index in [0.717, 1.165) is 31.4 Å².